The van der Waals surface area contributed by atoms with Gasteiger partial charge in [0.05, 0.1) is 6.01 Å². The summed E-state index contributed by atoms with van der Waals surface area (Å²) in [6.07, 6.45) is 4.39. The number of hydrogen-bond donors (Lipinski definition) is 1. The molecule has 0 rings (SSSR count). The molecule has 2 nitrogen and oxygen atoms in total. The number of nitrogens with zero attached hydrogens (tertiary/aromatic N) is 1. The Morgan fingerprint density at radius 2 is 2.57 bits per heavy atom. The van der Waals surface area contributed by atoms with Gasteiger partial charge in [0.15, 0.2) is 0 Å². The number of allylic oxidation sites excluding steroid dienone is 1. The molecule has 0 aliphatic carbocycles. The van der Waals surface area contributed by atoms with Crippen LogP contribution in [0.1, 0.15) is 13.3 Å². The maximum absolute atomic E-state index is 6.31. The fourth-order valence-corrected chi connectivity index (χ4v) is 0.195. The summed E-state index contributed by atoms with van der Waals surface area (Å²) in [5, 5.41) is 6.31. The van der Waals surface area contributed by atoms with E-state index in [9.17, 15) is 0 Å². The lowest BCUT2D eigenvalue weighted by Crippen LogP contribution is -1.49. The first-order valence-electron chi connectivity index (χ1n) is 2.18. The van der Waals surface area contributed by atoms with Crippen molar-refractivity contribution in [1.29, 1.82) is 5.41 Å². The molecule has 0 unspecified atom stereocenters. The van der Waals surface area contributed by atoms with Gasteiger partial charge in [-0.2, -0.15) is 4.99 Å². The van der Waals surface area contributed by atoms with Crippen LogP contribution in [0.25, 0.3) is 0 Å². The highest BCUT2D eigenvalue weighted by Crippen LogP contribution is 1.76. The van der Waals surface area contributed by atoms with Gasteiger partial charge in [0.25, 0.3) is 0 Å². The fourth-order valence-electron chi connectivity index (χ4n) is 0.195. The number of aliphatic imine (C=N–C) groups is 1. The lowest BCUT2D eigenvalue weighted by molar-refractivity contribution is 1.21. The summed E-state index contributed by atoms with van der Waals surface area (Å²) in [5.41, 5.74) is 0. The molecule has 0 radical (unpaired) electrons. The van der Waals surface area contributed by atoms with Crippen LogP contribution >= 0.6 is 0 Å². The molecule has 0 amide bonds. The molecular formula is C5H8N2. The minimum atomic E-state index is 0.963. The van der Waals surface area contributed by atoms with E-state index in [-0.39, 0.29) is 0 Å². The molecule has 0 aromatic heterocycles. The van der Waals surface area contributed by atoms with Crippen LogP contribution in [-0.2, 0) is 0 Å². The van der Waals surface area contributed by atoms with E-state index >= 15 is 0 Å². The lowest BCUT2D eigenvalue weighted by atomic mass is 10.5. The molecule has 0 aromatic carbocycles. The van der Waals surface area contributed by atoms with Gasteiger partial charge in [-0.1, -0.05) is 13.0 Å². The maximum atomic E-state index is 6.31. The summed E-state index contributed by atoms with van der Waals surface area (Å²) in [7, 11) is 0. The molecule has 0 spiro atoms. The van der Waals surface area contributed by atoms with Gasteiger partial charge < -0.3 is 0 Å². The van der Waals surface area contributed by atoms with E-state index in [1.807, 2.05) is 19.0 Å². The summed E-state index contributed by atoms with van der Waals surface area (Å²) in [6, 6.07) is 1.89. The molecule has 0 aliphatic rings. The third kappa shape index (κ3) is 5.12. The Kier molecular flexibility index (Phi) is 4.48. The summed E-state index contributed by atoms with van der Waals surface area (Å²) < 4.78 is 0. The summed E-state index contributed by atoms with van der Waals surface area (Å²) in [6.45, 7) is 2.01. The Morgan fingerprint density at radius 3 is 3.00 bits per heavy atom. The van der Waals surface area contributed by atoms with Crippen molar-refractivity contribution in [1.82, 2.24) is 0 Å². The summed E-state index contributed by atoms with van der Waals surface area (Å²) in [5.74, 6) is 0. The van der Waals surface area contributed by atoms with Crippen LogP contribution in [-0.4, -0.2) is 6.01 Å². The van der Waals surface area contributed by atoms with Gasteiger partial charge in [-0.25, -0.2) is 5.41 Å². The van der Waals surface area contributed by atoms with Gasteiger partial charge in [-0.05, 0) is 6.42 Å². The smallest absolute Gasteiger partial charge is 0.0911 e. The number of nitrogens with one attached hydrogen (secondary N) is 1. The Bertz CT molecular complexity index is 98.6. The molecule has 38 valence electrons. The van der Waals surface area contributed by atoms with E-state index in [2.05, 4.69) is 4.99 Å². The molecular weight excluding hydrogens is 88.1 g/mol. The maximum Gasteiger partial charge on any atom is 0.0911 e. The Labute approximate surface area is 43.1 Å². The minimum absolute atomic E-state index is 0.963. The van der Waals surface area contributed by atoms with Crippen molar-refractivity contribution in [2.24, 2.45) is 4.99 Å². The van der Waals surface area contributed by atoms with Gasteiger partial charge >= 0.3 is 0 Å². The van der Waals surface area contributed by atoms with E-state index in [1.165, 1.54) is 0 Å². The SMILES string of the molecule is CC/C=C/N=C=N. The first-order valence-corrected chi connectivity index (χ1v) is 2.18. The average molecular weight is 96.1 g/mol. The third-order valence-electron chi connectivity index (χ3n) is 0.480. The van der Waals surface area contributed by atoms with Crippen molar-refractivity contribution in [2.45, 2.75) is 13.3 Å². The molecule has 7 heavy (non-hydrogen) atoms. The highest BCUT2D eigenvalue weighted by molar-refractivity contribution is 5.37. The third-order valence-corrected chi connectivity index (χ3v) is 0.480. The monoisotopic (exact) mass is 96.1 g/mol. The van der Waals surface area contributed by atoms with Crippen LogP contribution < -0.4 is 0 Å². The average Bonchev–Trinajstić information content (AvgIpc) is 1.69. The second-order valence-electron chi connectivity index (χ2n) is 1.03. The largest absolute Gasteiger partial charge is 0.241 e. The zero-order valence-electron chi connectivity index (χ0n) is 4.31. The molecule has 0 saturated heterocycles. The van der Waals surface area contributed by atoms with Crippen LogP contribution in [0, 0.1) is 5.41 Å². The van der Waals surface area contributed by atoms with E-state index in [4.69, 9.17) is 5.41 Å². The Morgan fingerprint density at radius 1 is 1.86 bits per heavy atom. The van der Waals surface area contributed by atoms with E-state index in [0.717, 1.165) is 6.42 Å². The van der Waals surface area contributed by atoms with Crippen LogP contribution in [0.15, 0.2) is 17.3 Å². The Hall–Kier alpha value is -0.880. The van der Waals surface area contributed by atoms with Crippen molar-refractivity contribution in [2.75, 3.05) is 0 Å². The molecule has 0 aliphatic heterocycles. The van der Waals surface area contributed by atoms with Gasteiger partial charge in [-0.15, -0.1) is 0 Å². The quantitative estimate of drug-likeness (QED) is 0.507. The zero-order chi connectivity index (χ0) is 5.54. The van der Waals surface area contributed by atoms with Gasteiger partial charge in [0.1, 0.15) is 0 Å². The predicted octanol–water partition coefficient (Wildman–Crippen LogP) is 1.66. The van der Waals surface area contributed by atoms with Crippen LogP contribution in [0.4, 0.5) is 0 Å². The summed E-state index contributed by atoms with van der Waals surface area (Å²) in [4.78, 5) is 3.40. The van der Waals surface area contributed by atoms with Crippen LogP contribution in [0.5, 0.6) is 0 Å². The lowest BCUT2D eigenvalue weighted by Gasteiger charge is -1.67. The topological polar surface area (TPSA) is 36.2 Å². The molecule has 0 aromatic rings. The highest BCUT2D eigenvalue weighted by atomic mass is 14.7. The van der Waals surface area contributed by atoms with Crippen molar-refractivity contribution < 1.29 is 0 Å². The van der Waals surface area contributed by atoms with E-state index in [1.54, 1.807) is 6.20 Å². The van der Waals surface area contributed by atoms with E-state index in [0.29, 0.717) is 0 Å². The van der Waals surface area contributed by atoms with E-state index < -0.39 is 0 Å². The minimum Gasteiger partial charge on any atom is -0.241 e. The van der Waals surface area contributed by atoms with Crippen molar-refractivity contribution in [3.63, 3.8) is 0 Å². The van der Waals surface area contributed by atoms with Gasteiger partial charge in [0.2, 0.25) is 0 Å². The molecule has 0 heterocycles. The van der Waals surface area contributed by atoms with Crippen molar-refractivity contribution >= 4 is 6.01 Å². The standard InChI is InChI=1S/C5H8N2/c1-2-3-4-7-5-6/h3-4,6H,2H2,1H3/b4-3+. The van der Waals surface area contributed by atoms with Crippen LogP contribution in [0.3, 0.4) is 0 Å². The second kappa shape index (κ2) is 5.12. The Balaban J connectivity index is 3.27. The number of hydrogen-bond acceptors (Lipinski definition) is 2. The molecule has 0 saturated carbocycles. The molecule has 1 N–H and O–H groups in total. The molecule has 2 heteroatoms. The highest BCUT2D eigenvalue weighted by Gasteiger charge is 1.57. The zero-order valence-corrected chi connectivity index (χ0v) is 4.31. The van der Waals surface area contributed by atoms with Gasteiger partial charge in [0, 0.05) is 6.20 Å². The van der Waals surface area contributed by atoms with Crippen LogP contribution in [0.2, 0.25) is 0 Å². The molecule has 0 fully saturated rings. The normalized spacial score (nSPS) is 8.71. The van der Waals surface area contributed by atoms with Crippen molar-refractivity contribution in [3.05, 3.63) is 12.3 Å². The second-order valence-corrected chi connectivity index (χ2v) is 1.03. The summed E-state index contributed by atoms with van der Waals surface area (Å²) >= 11 is 0. The van der Waals surface area contributed by atoms with Crippen molar-refractivity contribution in [3.8, 4) is 0 Å². The first kappa shape index (κ1) is 6.12. The first-order chi connectivity index (χ1) is 3.41. The van der Waals surface area contributed by atoms with Gasteiger partial charge in [-0.3, -0.25) is 0 Å². The predicted molar refractivity (Wildman–Crippen MR) is 29.6 cm³/mol. The molecule has 0 bridgehead atoms. The molecule has 0 atom stereocenters. The number of rotatable bonds is 2. The fraction of sp³-hybridized carbons (Fsp3) is 0.400.